The molecule has 0 saturated carbocycles. The van der Waals surface area contributed by atoms with Crippen LogP contribution < -0.4 is 10.1 Å². The zero-order valence-electron chi connectivity index (χ0n) is 16.3. The normalized spacial score (nSPS) is 10.9. The number of rotatable bonds is 5. The van der Waals surface area contributed by atoms with Crippen molar-refractivity contribution in [2.75, 3.05) is 11.9 Å². The number of ether oxygens (including phenoxy) is 1. The highest BCUT2D eigenvalue weighted by molar-refractivity contribution is 6.33. The molecule has 0 radical (unpaired) electrons. The third-order valence-electron chi connectivity index (χ3n) is 4.69. The predicted octanol–water partition coefficient (Wildman–Crippen LogP) is 6.44. The first-order valence-corrected chi connectivity index (χ1v) is 10.0. The molecule has 3 aromatic carbocycles. The summed E-state index contributed by atoms with van der Waals surface area (Å²) >= 11 is 12.3. The van der Waals surface area contributed by atoms with Gasteiger partial charge in [0.05, 0.1) is 10.7 Å². The quantitative estimate of drug-likeness (QED) is 0.387. The molecule has 0 unspecified atom stereocenters. The van der Waals surface area contributed by atoms with Gasteiger partial charge in [-0.25, -0.2) is 4.98 Å². The molecule has 0 bridgehead atoms. The smallest absolute Gasteiger partial charge is 0.262 e. The van der Waals surface area contributed by atoms with Gasteiger partial charge in [-0.2, -0.15) is 0 Å². The number of aromatic nitrogens is 1. The molecule has 1 heterocycles. The first-order valence-electron chi connectivity index (χ1n) is 9.25. The highest BCUT2D eigenvalue weighted by atomic mass is 35.5. The van der Waals surface area contributed by atoms with Crippen molar-refractivity contribution in [2.45, 2.75) is 13.8 Å². The summed E-state index contributed by atoms with van der Waals surface area (Å²) in [7, 11) is 0. The lowest BCUT2D eigenvalue weighted by molar-refractivity contribution is -0.118. The van der Waals surface area contributed by atoms with Crippen LogP contribution in [-0.4, -0.2) is 17.5 Å². The van der Waals surface area contributed by atoms with Gasteiger partial charge in [0.25, 0.3) is 5.91 Å². The van der Waals surface area contributed by atoms with Gasteiger partial charge in [0.2, 0.25) is 5.89 Å². The van der Waals surface area contributed by atoms with Gasteiger partial charge in [-0.05, 0) is 73.5 Å². The van der Waals surface area contributed by atoms with Crippen molar-refractivity contribution in [1.29, 1.82) is 0 Å². The lowest BCUT2D eigenvalue weighted by atomic mass is 10.1. The molecular formula is C23H18Cl2N2O3. The van der Waals surface area contributed by atoms with E-state index in [-0.39, 0.29) is 12.5 Å². The van der Waals surface area contributed by atoms with Crippen LogP contribution in [0.2, 0.25) is 10.0 Å². The average molecular weight is 441 g/mol. The number of amides is 1. The second kappa shape index (κ2) is 8.38. The summed E-state index contributed by atoms with van der Waals surface area (Å²) < 4.78 is 11.4. The summed E-state index contributed by atoms with van der Waals surface area (Å²) in [5.41, 5.74) is 4.66. The first kappa shape index (κ1) is 20.3. The summed E-state index contributed by atoms with van der Waals surface area (Å²) in [6.45, 7) is 3.88. The average Bonchev–Trinajstić information content (AvgIpc) is 3.13. The maximum atomic E-state index is 12.4. The van der Waals surface area contributed by atoms with Gasteiger partial charge in [-0.15, -0.1) is 0 Å². The van der Waals surface area contributed by atoms with Crippen molar-refractivity contribution in [2.24, 2.45) is 0 Å². The number of hydrogen-bond donors (Lipinski definition) is 1. The molecule has 4 aromatic rings. The summed E-state index contributed by atoms with van der Waals surface area (Å²) in [6.07, 6.45) is 0. The summed E-state index contributed by atoms with van der Waals surface area (Å²) in [5, 5.41) is 3.75. The van der Waals surface area contributed by atoms with Gasteiger partial charge >= 0.3 is 0 Å². The number of nitrogens with one attached hydrogen (secondary N) is 1. The lowest BCUT2D eigenvalue weighted by Gasteiger charge is -2.10. The Morgan fingerprint density at radius 2 is 1.87 bits per heavy atom. The van der Waals surface area contributed by atoms with Crippen LogP contribution >= 0.6 is 23.2 Å². The predicted molar refractivity (Wildman–Crippen MR) is 120 cm³/mol. The maximum Gasteiger partial charge on any atom is 0.262 e. The van der Waals surface area contributed by atoms with Gasteiger partial charge in [0, 0.05) is 10.6 Å². The van der Waals surface area contributed by atoms with E-state index in [2.05, 4.69) is 10.3 Å². The van der Waals surface area contributed by atoms with Gasteiger partial charge in [0.1, 0.15) is 11.3 Å². The fourth-order valence-electron chi connectivity index (χ4n) is 2.92. The molecule has 0 saturated heterocycles. The molecule has 4 rings (SSSR count). The SMILES string of the molecule is Cc1ccc(OCC(=O)Nc2cc(-c3nc4cc(Cl)ccc4o3)ccc2Cl)cc1C. The van der Waals surface area contributed by atoms with Crippen molar-refractivity contribution >= 4 is 45.9 Å². The molecule has 7 heteroatoms. The number of carbonyl (C=O) groups is 1. The highest BCUT2D eigenvalue weighted by Crippen LogP contribution is 2.31. The van der Waals surface area contributed by atoms with Gasteiger partial charge in [-0.1, -0.05) is 29.3 Å². The van der Waals surface area contributed by atoms with E-state index in [0.29, 0.717) is 44.0 Å². The minimum Gasteiger partial charge on any atom is -0.484 e. The van der Waals surface area contributed by atoms with Crippen molar-refractivity contribution in [3.63, 3.8) is 0 Å². The topological polar surface area (TPSA) is 64.4 Å². The van der Waals surface area contributed by atoms with E-state index in [1.165, 1.54) is 0 Å². The number of carbonyl (C=O) groups excluding carboxylic acids is 1. The zero-order chi connectivity index (χ0) is 21.3. The molecule has 30 heavy (non-hydrogen) atoms. The Kier molecular flexibility index (Phi) is 5.66. The van der Waals surface area contributed by atoms with Crippen LogP contribution in [0, 0.1) is 13.8 Å². The summed E-state index contributed by atoms with van der Waals surface area (Å²) in [4.78, 5) is 16.8. The molecule has 0 aliphatic carbocycles. The lowest BCUT2D eigenvalue weighted by Crippen LogP contribution is -2.20. The van der Waals surface area contributed by atoms with E-state index in [4.69, 9.17) is 32.4 Å². The van der Waals surface area contributed by atoms with Crippen molar-refractivity contribution in [1.82, 2.24) is 4.98 Å². The summed E-state index contributed by atoms with van der Waals surface area (Å²) in [6, 6.07) is 16.1. The number of benzene rings is 3. The molecule has 1 amide bonds. The minimum absolute atomic E-state index is 0.134. The van der Waals surface area contributed by atoms with Crippen LogP contribution in [0.5, 0.6) is 5.75 Å². The molecular weight excluding hydrogens is 423 g/mol. The third-order valence-corrected chi connectivity index (χ3v) is 5.25. The fourth-order valence-corrected chi connectivity index (χ4v) is 3.25. The van der Waals surface area contributed by atoms with Gasteiger partial charge in [0.15, 0.2) is 12.2 Å². The summed E-state index contributed by atoms with van der Waals surface area (Å²) in [5.74, 6) is 0.723. The highest BCUT2D eigenvalue weighted by Gasteiger charge is 2.13. The minimum atomic E-state index is -0.323. The standard InChI is InChI=1S/C23H18Cl2N2O3/c1-13-3-6-17(9-14(13)2)29-12-22(28)26-19-10-15(4-7-18(19)25)23-27-20-11-16(24)5-8-21(20)30-23/h3-11H,12H2,1-2H3,(H,26,28). The maximum absolute atomic E-state index is 12.4. The van der Waals surface area contributed by atoms with Crippen LogP contribution in [0.4, 0.5) is 5.69 Å². The number of nitrogens with zero attached hydrogens (tertiary/aromatic N) is 1. The Balaban J connectivity index is 1.49. The number of aryl methyl sites for hydroxylation is 2. The molecule has 5 nitrogen and oxygen atoms in total. The second-order valence-corrected chi connectivity index (χ2v) is 7.75. The van der Waals surface area contributed by atoms with E-state index >= 15 is 0 Å². The number of fused-ring (bicyclic) bond motifs is 1. The molecule has 152 valence electrons. The molecule has 1 aromatic heterocycles. The number of oxazole rings is 1. The van der Waals surface area contributed by atoms with Crippen molar-refractivity contribution in [3.05, 3.63) is 75.8 Å². The monoisotopic (exact) mass is 440 g/mol. The first-order chi connectivity index (χ1) is 14.4. The Morgan fingerprint density at radius 1 is 1.03 bits per heavy atom. The zero-order valence-corrected chi connectivity index (χ0v) is 17.8. The second-order valence-electron chi connectivity index (χ2n) is 6.91. The molecule has 0 fully saturated rings. The van der Waals surface area contributed by atoms with E-state index in [1.54, 1.807) is 36.4 Å². The van der Waals surface area contributed by atoms with E-state index < -0.39 is 0 Å². The Hall–Kier alpha value is -3.02. The Bertz CT molecular complexity index is 1250. The van der Waals surface area contributed by atoms with Gasteiger partial charge in [-0.3, -0.25) is 4.79 Å². The van der Waals surface area contributed by atoms with Crippen LogP contribution in [-0.2, 0) is 4.79 Å². The van der Waals surface area contributed by atoms with Gasteiger partial charge < -0.3 is 14.5 Å². The van der Waals surface area contributed by atoms with E-state index in [9.17, 15) is 4.79 Å². The van der Waals surface area contributed by atoms with E-state index in [0.717, 1.165) is 11.1 Å². The molecule has 0 atom stereocenters. The Labute approximate surface area is 183 Å². The van der Waals surface area contributed by atoms with Crippen LogP contribution in [0.25, 0.3) is 22.6 Å². The number of anilines is 1. The van der Waals surface area contributed by atoms with Crippen molar-refractivity contribution < 1.29 is 13.9 Å². The van der Waals surface area contributed by atoms with E-state index in [1.807, 2.05) is 32.0 Å². The van der Waals surface area contributed by atoms with Crippen LogP contribution in [0.1, 0.15) is 11.1 Å². The number of halogens is 2. The fraction of sp³-hybridized carbons (Fsp3) is 0.130. The molecule has 0 spiro atoms. The molecule has 0 aliphatic heterocycles. The Morgan fingerprint density at radius 3 is 2.67 bits per heavy atom. The number of hydrogen-bond acceptors (Lipinski definition) is 4. The molecule has 1 N–H and O–H groups in total. The van der Waals surface area contributed by atoms with Crippen molar-refractivity contribution in [3.8, 4) is 17.2 Å². The van der Waals surface area contributed by atoms with Crippen LogP contribution in [0.3, 0.4) is 0 Å². The van der Waals surface area contributed by atoms with Crippen LogP contribution in [0.15, 0.2) is 59.0 Å². The largest absolute Gasteiger partial charge is 0.484 e. The third kappa shape index (κ3) is 4.42. The molecule has 0 aliphatic rings.